The van der Waals surface area contributed by atoms with Gasteiger partial charge >= 0.3 is 5.97 Å². The van der Waals surface area contributed by atoms with Crippen LogP contribution < -0.4 is 0 Å². The van der Waals surface area contributed by atoms with Crippen LogP contribution in [-0.2, 0) is 47.7 Å². The zero-order chi connectivity index (χ0) is 48.2. The molecule has 0 spiro atoms. The standard InChI is InChI=1S/C52H81NO12/c1-31-17-13-12-14-18-32(2)43(61-9)29-39-22-20-37(7)52(8,65-39)49(58)50(59)53-24-16-15-19-40(53)51(60)64-44(34(4)27-38-21-23-41(54)45(28-38)62-10)30-42(55)33(3)26-36(6)47(57)48(63-11)46(56)35(5)25-31/h12-14,17-18,26,31,33-35,37-41,43-45,47-48,54,57H,15-16,19-25,27-30H2,1-11H3/b14-12+,17-13+,32-18+,36-26+/t31-,33-,34+,35-,37-,38+,39+,40+,41-,43+,44+,45-,47-,48+,52-/m1/s1. The van der Waals surface area contributed by atoms with E-state index in [1.807, 2.05) is 65.0 Å². The summed E-state index contributed by atoms with van der Waals surface area (Å²) in [5, 5.41) is 21.9. The van der Waals surface area contributed by atoms with Crippen LogP contribution in [0, 0.1) is 35.5 Å². The first-order chi connectivity index (χ1) is 30.7. The van der Waals surface area contributed by atoms with Crippen molar-refractivity contribution in [2.75, 3.05) is 27.9 Å². The average Bonchev–Trinajstić information content (AvgIpc) is 3.28. The van der Waals surface area contributed by atoms with Gasteiger partial charge in [0.1, 0.15) is 35.7 Å². The van der Waals surface area contributed by atoms with Gasteiger partial charge in [-0.15, -0.1) is 0 Å². The molecule has 4 aliphatic rings. The number of hydrogen-bond donors (Lipinski definition) is 2. The van der Waals surface area contributed by atoms with Crippen LogP contribution in [0.3, 0.4) is 0 Å². The Kier molecular flexibility index (Phi) is 21.0. The van der Waals surface area contributed by atoms with E-state index >= 15 is 0 Å². The number of fused-ring (bicyclic) bond motifs is 3. The molecule has 1 aliphatic carbocycles. The van der Waals surface area contributed by atoms with Gasteiger partial charge in [0.05, 0.1) is 24.4 Å². The highest BCUT2D eigenvalue weighted by Gasteiger charge is 2.51. The van der Waals surface area contributed by atoms with Gasteiger partial charge in [-0.25, -0.2) is 4.79 Å². The number of nitrogens with zero attached hydrogens (tertiary/aromatic N) is 1. The minimum atomic E-state index is -1.43. The fourth-order valence-electron chi connectivity index (χ4n) is 10.3. The molecule has 0 aromatic heterocycles. The topological polar surface area (TPSA) is 175 Å². The van der Waals surface area contributed by atoms with E-state index in [1.165, 1.54) is 12.0 Å². The highest BCUT2D eigenvalue weighted by Crippen LogP contribution is 2.39. The smallest absolute Gasteiger partial charge is 0.329 e. The van der Waals surface area contributed by atoms with Gasteiger partial charge in [-0.2, -0.15) is 0 Å². The van der Waals surface area contributed by atoms with E-state index in [0.717, 1.165) is 12.0 Å². The molecule has 13 nitrogen and oxygen atoms in total. The summed E-state index contributed by atoms with van der Waals surface area (Å²) in [6, 6.07) is -1.03. The van der Waals surface area contributed by atoms with Crippen molar-refractivity contribution in [1.29, 1.82) is 0 Å². The highest BCUT2D eigenvalue weighted by atomic mass is 16.5. The van der Waals surface area contributed by atoms with E-state index in [2.05, 4.69) is 0 Å². The number of carbonyl (C=O) groups is 5. The molecule has 0 radical (unpaired) electrons. The predicted octanol–water partition coefficient (Wildman–Crippen LogP) is 7.25. The van der Waals surface area contributed by atoms with Crippen molar-refractivity contribution in [1.82, 2.24) is 4.90 Å². The molecule has 65 heavy (non-hydrogen) atoms. The molecule has 3 heterocycles. The number of rotatable bonds is 6. The number of allylic oxidation sites excluding steroid dienone is 6. The monoisotopic (exact) mass is 912 g/mol. The SMILES string of the molecule is CO[C@H]1C[C@@H]2CC[C@@H](C)[C@@](C)(O2)C(=O)C(=O)N2CCCC[C@H]2C(=O)O[C@H]([C@@H](C)C[C@@H]2CC[C@@H](O)[C@H](OC)C2)CC(=O)[C@H](C)/C=C(\C)[C@@H](O)[C@@H](OC)C(=O)[C@H](C)C[C@H](C)/C=C/C=C/C=C/1C. The first-order valence-electron chi connectivity index (χ1n) is 24.2. The van der Waals surface area contributed by atoms with Gasteiger partial charge in [0.25, 0.3) is 11.7 Å². The number of hydrogen-bond acceptors (Lipinski definition) is 12. The van der Waals surface area contributed by atoms with Crippen molar-refractivity contribution in [3.63, 3.8) is 0 Å². The summed E-state index contributed by atoms with van der Waals surface area (Å²) < 4.78 is 30.0. The second-order valence-corrected chi connectivity index (χ2v) is 20.0. The maximum absolute atomic E-state index is 14.4. The maximum atomic E-state index is 14.4. The molecule has 3 fully saturated rings. The van der Waals surface area contributed by atoms with Crippen molar-refractivity contribution >= 4 is 29.2 Å². The third-order valence-electron chi connectivity index (χ3n) is 14.9. The van der Waals surface area contributed by atoms with Crippen molar-refractivity contribution in [2.45, 2.75) is 187 Å². The average molecular weight is 912 g/mol. The van der Waals surface area contributed by atoms with Crippen molar-refractivity contribution in [2.24, 2.45) is 35.5 Å². The van der Waals surface area contributed by atoms with Gasteiger partial charge in [-0.1, -0.05) is 71.1 Å². The Labute approximate surface area is 388 Å². The number of ether oxygens (including phenoxy) is 5. The van der Waals surface area contributed by atoms with Gasteiger partial charge in [0.2, 0.25) is 0 Å². The Morgan fingerprint density at radius 3 is 2.25 bits per heavy atom. The van der Waals surface area contributed by atoms with E-state index < -0.39 is 65.6 Å². The Balaban J connectivity index is 1.70. The van der Waals surface area contributed by atoms with Crippen molar-refractivity contribution < 1.29 is 57.9 Å². The number of piperidine rings is 1. The number of esters is 1. The fraction of sp³-hybridized carbons (Fsp3) is 0.750. The van der Waals surface area contributed by atoms with Crippen LogP contribution in [0.5, 0.6) is 0 Å². The number of aliphatic hydroxyl groups is 2. The molecule has 366 valence electrons. The van der Waals surface area contributed by atoms with E-state index in [9.17, 15) is 34.2 Å². The van der Waals surface area contributed by atoms with Gasteiger partial charge in [0.15, 0.2) is 5.78 Å². The van der Waals surface area contributed by atoms with Crippen LogP contribution in [0.25, 0.3) is 0 Å². The molecule has 15 atom stereocenters. The van der Waals surface area contributed by atoms with E-state index in [1.54, 1.807) is 41.1 Å². The molecule has 2 N–H and O–H groups in total. The fourth-order valence-corrected chi connectivity index (χ4v) is 10.3. The Hall–Kier alpha value is -3.33. The normalized spacial score (nSPS) is 40.4. The zero-order valence-corrected chi connectivity index (χ0v) is 41.2. The minimum absolute atomic E-state index is 0.0430. The number of methoxy groups -OCH3 is 3. The molecule has 1 amide bonds. The Bertz CT molecular complexity index is 1750. The molecule has 3 aliphatic heterocycles. The maximum Gasteiger partial charge on any atom is 0.329 e. The van der Waals surface area contributed by atoms with E-state index in [0.29, 0.717) is 69.8 Å². The molecule has 2 saturated heterocycles. The molecule has 0 aromatic carbocycles. The summed E-state index contributed by atoms with van der Waals surface area (Å²) in [6.07, 6.45) is 12.9. The van der Waals surface area contributed by atoms with Crippen LogP contribution in [0.4, 0.5) is 0 Å². The summed E-state index contributed by atoms with van der Waals surface area (Å²) in [7, 11) is 4.61. The van der Waals surface area contributed by atoms with Crippen LogP contribution in [0.1, 0.15) is 132 Å². The lowest BCUT2D eigenvalue weighted by Gasteiger charge is -2.44. The summed E-state index contributed by atoms with van der Waals surface area (Å²) in [6.45, 7) is 15.0. The quantitative estimate of drug-likeness (QED) is 0.155. The number of aliphatic hydroxyl groups excluding tert-OH is 2. The van der Waals surface area contributed by atoms with Crippen molar-refractivity contribution in [3.8, 4) is 0 Å². The summed E-state index contributed by atoms with van der Waals surface area (Å²) in [4.78, 5) is 72.4. The van der Waals surface area contributed by atoms with Crippen LogP contribution >= 0.6 is 0 Å². The molecular weight excluding hydrogens is 831 g/mol. The second kappa shape index (κ2) is 25.2. The summed E-state index contributed by atoms with van der Waals surface area (Å²) in [5.74, 6) is -4.13. The molecule has 1 saturated carbocycles. The summed E-state index contributed by atoms with van der Waals surface area (Å²) in [5.41, 5.74) is -0.0596. The predicted molar refractivity (Wildman–Crippen MR) is 249 cm³/mol. The lowest BCUT2D eigenvalue weighted by molar-refractivity contribution is -0.184. The first kappa shape index (κ1) is 54.3. The zero-order valence-electron chi connectivity index (χ0n) is 41.2. The molecular formula is C52H81NO12. The number of cyclic esters (lactones) is 1. The Morgan fingerprint density at radius 2 is 1.57 bits per heavy atom. The third kappa shape index (κ3) is 14.3. The van der Waals surface area contributed by atoms with Gasteiger partial charge in [-0.05, 0) is 120 Å². The highest BCUT2D eigenvalue weighted by molar-refractivity contribution is 6.39. The number of carbonyl (C=O) groups excluding carboxylic acids is 5. The lowest BCUT2D eigenvalue weighted by atomic mass is 9.78. The third-order valence-corrected chi connectivity index (χ3v) is 14.9. The molecule has 13 heteroatoms. The summed E-state index contributed by atoms with van der Waals surface area (Å²) >= 11 is 0. The van der Waals surface area contributed by atoms with E-state index in [4.69, 9.17) is 23.7 Å². The van der Waals surface area contributed by atoms with Crippen LogP contribution in [0.15, 0.2) is 47.6 Å². The van der Waals surface area contributed by atoms with Gasteiger partial charge in [-0.3, -0.25) is 19.2 Å². The molecule has 0 unspecified atom stereocenters. The van der Waals surface area contributed by atoms with Crippen LogP contribution in [0.2, 0.25) is 0 Å². The Morgan fingerprint density at radius 1 is 0.846 bits per heavy atom. The van der Waals surface area contributed by atoms with Crippen molar-refractivity contribution in [3.05, 3.63) is 47.6 Å². The molecule has 0 aromatic rings. The number of ketones is 3. The van der Waals surface area contributed by atoms with Gasteiger partial charge < -0.3 is 38.8 Å². The lowest BCUT2D eigenvalue weighted by Crippen LogP contribution is -2.59. The minimum Gasteiger partial charge on any atom is -0.460 e. The number of Topliss-reactive ketones (excluding diaryl/α,β-unsaturated/α-hetero) is 3. The number of amides is 1. The van der Waals surface area contributed by atoms with E-state index in [-0.39, 0.29) is 66.5 Å². The second-order valence-electron chi connectivity index (χ2n) is 20.0. The van der Waals surface area contributed by atoms with Crippen LogP contribution in [-0.4, -0.2) is 127 Å². The molecule has 4 rings (SSSR count). The molecule has 2 bridgehead atoms. The largest absolute Gasteiger partial charge is 0.460 e. The first-order valence-corrected chi connectivity index (χ1v) is 24.2. The van der Waals surface area contributed by atoms with Gasteiger partial charge in [0, 0.05) is 52.6 Å².